The summed E-state index contributed by atoms with van der Waals surface area (Å²) < 4.78 is 0. The number of nitrogens with two attached hydrogens (primary N) is 1. The number of nitrogens with zero attached hydrogens (tertiary/aromatic N) is 1. The summed E-state index contributed by atoms with van der Waals surface area (Å²) in [5, 5.41) is 8.97. The molecule has 5 nitrogen and oxygen atoms in total. The van der Waals surface area contributed by atoms with Crippen LogP contribution in [0.15, 0.2) is 0 Å². The van der Waals surface area contributed by atoms with E-state index in [-0.39, 0.29) is 5.91 Å². The summed E-state index contributed by atoms with van der Waals surface area (Å²) in [6.07, 6.45) is 2.17. The van der Waals surface area contributed by atoms with Crippen LogP contribution in [-0.2, 0) is 9.59 Å². The predicted octanol–water partition coefficient (Wildman–Crippen LogP) is 0.435. The van der Waals surface area contributed by atoms with E-state index in [1.165, 1.54) is 11.9 Å². The summed E-state index contributed by atoms with van der Waals surface area (Å²) in [7, 11) is 1.49. The van der Waals surface area contributed by atoms with Gasteiger partial charge in [0.1, 0.15) is 6.04 Å². The molecule has 88 valence electrons. The standard InChI is InChI=1S/C10H20N2O3/c1-4-5-6-8(10(14)15)12(3)9(13)7(2)11/h7-8H,4-6,11H2,1-3H3,(H,14,15)/t7-,8-/m0/s1. The Morgan fingerprint density at radius 1 is 1.47 bits per heavy atom. The molecule has 0 aromatic carbocycles. The van der Waals surface area contributed by atoms with Crippen molar-refractivity contribution in [3.05, 3.63) is 0 Å². The summed E-state index contributed by atoms with van der Waals surface area (Å²) in [4.78, 5) is 23.7. The minimum absolute atomic E-state index is 0.335. The molecule has 3 N–H and O–H groups in total. The van der Waals surface area contributed by atoms with Crippen molar-refractivity contribution in [1.82, 2.24) is 4.90 Å². The number of carboxylic acid groups (broad SMARTS) is 1. The highest BCUT2D eigenvalue weighted by molar-refractivity contribution is 5.86. The highest BCUT2D eigenvalue weighted by atomic mass is 16.4. The molecule has 5 heteroatoms. The number of unbranched alkanes of at least 4 members (excludes halogenated alkanes) is 1. The Bertz CT molecular complexity index is 229. The molecule has 0 rings (SSSR count). The van der Waals surface area contributed by atoms with Crippen LogP contribution in [0, 0.1) is 0 Å². The molecule has 0 aliphatic heterocycles. The Balaban J connectivity index is 4.47. The van der Waals surface area contributed by atoms with Crippen LogP contribution in [0.4, 0.5) is 0 Å². The lowest BCUT2D eigenvalue weighted by atomic mass is 10.1. The highest BCUT2D eigenvalue weighted by Gasteiger charge is 2.27. The van der Waals surface area contributed by atoms with Crippen molar-refractivity contribution in [1.29, 1.82) is 0 Å². The van der Waals surface area contributed by atoms with E-state index < -0.39 is 18.1 Å². The number of carbonyl (C=O) groups is 2. The molecule has 0 bridgehead atoms. The van der Waals surface area contributed by atoms with Crippen molar-refractivity contribution < 1.29 is 14.7 Å². The zero-order valence-electron chi connectivity index (χ0n) is 9.56. The number of rotatable bonds is 6. The maximum Gasteiger partial charge on any atom is 0.326 e. The zero-order chi connectivity index (χ0) is 12.0. The average Bonchev–Trinajstić information content (AvgIpc) is 2.16. The van der Waals surface area contributed by atoms with Gasteiger partial charge < -0.3 is 15.7 Å². The number of hydrogen-bond acceptors (Lipinski definition) is 3. The van der Waals surface area contributed by atoms with Crippen molar-refractivity contribution in [3.8, 4) is 0 Å². The Morgan fingerprint density at radius 2 is 2.00 bits per heavy atom. The van der Waals surface area contributed by atoms with E-state index in [1.54, 1.807) is 6.92 Å². The minimum Gasteiger partial charge on any atom is -0.480 e. The normalized spacial score (nSPS) is 14.4. The molecule has 15 heavy (non-hydrogen) atoms. The Morgan fingerprint density at radius 3 is 2.33 bits per heavy atom. The van der Waals surface area contributed by atoms with Crippen LogP contribution in [0.2, 0.25) is 0 Å². The maximum atomic E-state index is 11.5. The van der Waals surface area contributed by atoms with E-state index in [1.807, 2.05) is 6.92 Å². The Kier molecular flexibility index (Phi) is 5.93. The van der Waals surface area contributed by atoms with Crippen molar-refractivity contribution in [2.45, 2.75) is 45.2 Å². The summed E-state index contributed by atoms with van der Waals surface area (Å²) in [6, 6.07) is -1.41. The molecule has 0 saturated carbocycles. The number of aliphatic carboxylic acids is 1. The molecule has 0 radical (unpaired) electrons. The summed E-state index contributed by atoms with van der Waals surface area (Å²) in [5.41, 5.74) is 5.42. The van der Waals surface area contributed by atoms with Gasteiger partial charge in [-0.3, -0.25) is 4.79 Å². The van der Waals surface area contributed by atoms with Crippen molar-refractivity contribution in [2.24, 2.45) is 5.73 Å². The summed E-state index contributed by atoms with van der Waals surface area (Å²) in [6.45, 7) is 3.53. The molecule has 1 amide bonds. The maximum absolute atomic E-state index is 11.5. The molecular weight excluding hydrogens is 196 g/mol. The first-order valence-electron chi connectivity index (χ1n) is 5.16. The monoisotopic (exact) mass is 216 g/mol. The van der Waals surface area contributed by atoms with Crippen LogP contribution in [0.1, 0.15) is 33.1 Å². The topological polar surface area (TPSA) is 83.6 Å². The smallest absolute Gasteiger partial charge is 0.326 e. The van der Waals surface area contributed by atoms with Crippen LogP contribution in [0.5, 0.6) is 0 Å². The quantitative estimate of drug-likeness (QED) is 0.674. The van der Waals surface area contributed by atoms with Gasteiger partial charge in [0.15, 0.2) is 0 Å². The number of amides is 1. The van der Waals surface area contributed by atoms with Gasteiger partial charge in [0.2, 0.25) is 5.91 Å². The molecule has 0 aliphatic rings. The molecule has 0 aromatic heterocycles. The van der Waals surface area contributed by atoms with E-state index in [9.17, 15) is 9.59 Å². The van der Waals surface area contributed by atoms with Crippen molar-refractivity contribution in [2.75, 3.05) is 7.05 Å². The molecule has 0 saturated heterocycles. The fraction of sp³-hybridized carbons (Fsp3) is 0.800. The number of hydrogen-bond donors (Lipinski definition) is 2. The summed E-state index contributed by atoms with van der Waals surface area (Å²) >= 11 is 0. The molecule has 0 heterocycles. The van der Waals surface area contributed by atoms with Gasteiger partial charge in [0.05, 0.1) is 6.04 Å². The van der Waals surface area contributed by atoms with Gasteiger partial charge in [-0.05, 0) is 13.3 Å². The van der Waals surface area contributed by atoms with Gasteiger partial charge >= 0.3 is 5.97 Å². The van der Waals surface area contributed by atoms with Gasteiger partial charge in [0, 0.05) is 7.05 Å². The van der Waals surface area contributed by atoms with Gasteiger partial charge in [-0.2, -0.15) is 0 Å². The van der Waals surface area contributed by atoms with Crippen LogP contribution >= 0.6 is 0 Å². The van der Waals surface area contributed by atoms with E-state index >= 15 is 0 Å². The highest BCUT2D eigenvalue weighted by Crippen LogP contribution is 2.08. The van der Waals surface area contributed by atoms with Crippen molar-refractivity contribution >= 4 is 11.9 Å². The van der Waals surface area contributed by atoms with Gasteiger partial charge in [-0.15, -0.1) is 0 Å². The molecular formula is C10H20N2O3. The fourth-order valence-corrected chi connectivity index (χ4v) is 1.36. The second-order valence-corrected chi connectivity index (χ2v) is 3.73. The molecule has 0 unspecified atom stereocenters. The Hall–Kier alpha value is -1.10. The van der Waals surface area contributed by atoms with E-state index in [2.05, 4.69) is 0 Å². The zero-order valence-corrected chi connectivity index (χ0v) is 9.56. The first-order valence-corrected chi connectivity index (χ1v) is 5.16. The third-order valence-corrected chi connectivity index (χ3v) is 2.32. The van der Waals surface area contributed by atoms with Gasteiger partial charge in [0.25, 0.3) is 0 Å². The van der Waals surface area contributed by atoms with E-state index in [0.717, 1.165) is 12.8 Å². The summed E-state index contributed by atoms with van der Waals surface area (Å²) in [5.74, 6) is -1.31. The number of carbonyl (C=O) groups excluding carboxylic acids is 1. The van der Waals surface area contributed by atoms with Crippen LogP contribution in [0.25, 0.3) is 0 Å². The van der Waals surface area contributed by atoms with E-state index in [0.29, 0.717) is 6.42 Å². The second kappa shape index (κ2) is 6.40. The largest absolute Gasteiger partial charge is 0.480 e. The lowest BCUT2D eigenvalue weighted by Crippen LogP contribution is -2.48. The van der Waals surface area contributed by atoms with Crippen molar-refractivity contribution in [3.63, 3.8) is 0 Å². The van der Waals surface area contributed by atoms with Crippen LogP contribution in [0.3, 0.4) is 0 Å². The minimum atomic E-state index is -0.972. The average molecular weight is 216 g/mol. The van der Waals surface area contributed by atoms with Gasteiger partial charge in [-0.25, -0.2) is 4.79 Å². The Labute approximate surface area is 90.2 Å². The number of carboxylic acids is 1. The van der Waals surface area contributed by atoms with Crippen LogP contribution in [-0.4, -0.2) is 41.0 Å². The molecule has 0 aromatic rings. The van der Waals surface area contributed by atoms with Gasteiger partial charge in [-0.1, -0.05) is 19.8 Å². The second-order valence-electron chi connectivity index (χ2n) is 3.73. The molecule has 0 aliphatic carbocycles. The SMILES string of the molecule is CCCC[C@@H](C(=O)O)N(C)C(=O)[C@H](C)N. The fourth-order valence-electron chi connectivity index (χ4n) is 1.36. The lowest BCUT2D eigenvalue weighted by Gasteiger charge is -2.26. The third kappa shape index (κ3) is 4.29. The molecule has 0 fully saturated rings. The third-order valence-electron chi connectivity index (χ3n) is 2.32. The first kappa shape index (κ1) is 13.9. The lowest BCUT2D eigenvalue weighted by molar-refractivity contribution is -0.149. The number of likely N-dealkylation sites (N-methyl/N-ethyl adjacent to an activating group) is 1. The molecule has 2 atom stereocenters. The first-order chi connectivity index (χ1) is 6.91. The molecule has 0 spiro atoms. The predicted molar refractivity (Wildman–Crippen MR) is 57.4 cm³/mol. The van der Waals surface area contributed by atoms with Crippen LogP contribution < -0.4 is 5.73 Å². The van der Waals surface area contributed by atoms with E-state index in [4.69, 9.17) is 10.8 Å².